The van der Waals surface area contributed by atoms with E-state index >= 15 is 0 Å². The van der Waals surface area contributed by atoms with Gasteiger partial charge in [0.05, 0.1) is 18.4 Å². The lowest BCUT2D eigenvalue weighted by Crippen LogP contribution is -2.29. The highest BCUT2D eigenvalue weighted by Crippen LogP contribution is 2.15. The topological polar surface area (TPSA) is 62.2 Å². The first kappa shape index (κ1) is 17.1. The van der Waals surface area contributed by atoms with Gasteiger partial charge in [-0.2, -0.15) is 5.10 Å². The maximum atomic E-state index is 12.1. The summed E-state index contributed by atoms with van der Waals surface area (Å²) in [6.45, 7) is 6.22. The minimum atomic E-state index is -0.0940. The van der Waals surface area contributed by atoms with Crippen molar-refractivity contribution in [2.45, 2.75) is 19.9 Å². The number of nitrogens with one attached hydrogen (secondary N) is 2. The first-order valence-corrected chi connectivity index (χ1v) is 7.70. The summed E-state index contributed by atoms with van der Waals surface area (Å²) in [7, 11) is 3.95. The van der Waals surface area contributed by atoms with Crippen molar-refractivity contribution >= 4 is 21.6 Å². The summed E-state index contributed by atoms with van der Waals surface area (Å²) in [6.07, 6.45) is 2.71. The first-order valence-electron chi connectivity index (χ1n) is 6.91. The summed E-state index contributed by atoms with van der Waals surface area (Å²) in [4.78, 5) is 14.1. The Hall–Kier alpha value is -0.920. The second-order valence-electron chi connectivity index (χ2n) is 4.84. The fourth-order valence-electron chi connectivity index (χ4n) is 1.66. The van der Waals surface area contributed by atoms with Gasteiger partial charge in [0.25, 0.3) is 5.56 Å². The average molecular weight is 346 g/mol. The van der Waals surface area contributed by atoms with Gasteiger partial charge in [0, 0.05) is 13.1 Å². The lowest BCUT2D eigenvalue weighted by Gasteiger charge is -2.12. The number of hydrogen-bond donors (Lipinski definition) is 2. The number of hydrogen-bond acceptors (Lipinski definition) is 5. The van der Waals surface area contributed by atoms with E-state index in [1.165, 1.54) is 4.68 Å². The zero-order chi connectivity index (χ0) is 15.0. The molecule has 114 valence electrons. The van der Waals surface area contributed by atoms with Gasteiger partial charge in [0.1, 0.15) is 4.47 Å². The van der Waals surface area contributed by atoms with Crippen molar-refractivity contribution in [3.63, 3.8) is 0 Å². The summed E-state index contributed by atoms with van der Waals surface area (Å²) >= 11 is 3.36. The predicted octanol–water partition coefficient (Wildman–Crippen LogP) is 0.979. The standard InChI is InChI=1S/C13H24BrN5O/c1-4-15-6-5-7-16-11-10-17-19(9-8-18(2)3)13(20)12(11)14/h10,15-16H,4-9H2,1-3H3. The van der Waals surface area contributed by atoms with E-state index < -0.39 is 0 Å². The van der Waals surface area contributed by atoms with Crippen LogP contribution in [0.25, 0.3) is 0 Å². The molecule has 0 aliphatic rings. The van der Waals surface area contributed by atoms with Crippen LogP contribution in [0.3, 0.4) is 0 Å². The van der Waals surface area contributed by atoms with E-state index in [4.69, 9.17) is 0 Å². The molecule has 1 aromatic heterocycles. The largest absolute Gasteiger partial charge is 0.383 e. The number of likely N-dealkylation sites (N-methyl/N-ethyl adjacent to an activating group) is 1. The van der Waals surface area contributed by atoms with E-state index in [2.05, 4.69) is 38.6 Å². The quantitative estimate of drug-likeness (QED) is 0.653. The van der Waals surface area contributed by atoms with Gasteiger partial charge >= 0.3 is 0 Å². The Morgan fingerprint density at radius 1 is 1.40 bits per heavy atom. The van der Waals surface area contributed by atoms with Gasteiger partial charge in [-0.15, -0.1) is 0 Å². The Bertz CT molecular complexity index is 461. The Morgan fingerprint density at radius 3 is 2.80 bits per heavy atom. The fourth-order valence-corrected chi connectivity index (χ4v) is 2.10. The lowest BCUT2D eigenvalue weighted by atomic mass is 10.4. The molecule has 1 rings (SSSR count). The van der Waals surface area contributed by atoms with Crippen LogP contribution < -0.4 is 16.2 Å². The maximum Gasteiger partial charge on any atom is 0.283 e. The van der Waals surface area contributed by atoms with Crippen molar-refractivity contribution in [1.82, 2.24) is 20.0 Å². The van der Waals surface area contributed by atoms with Crippen LogP contribution in [0.2, 0.25) is 0 Å². The minimum Gasteiger partial charge on any atom is -0.383 e. The molecule has 0 unspecified atom stereocenters. The number of aromatic nitrogens is 2. The second kappa shape index (κ2) is 9.10. The first-order chi connectivity index (χ1) is 9.56. The van der Waals surface area contributed by atoms with Crippen LogP contribution >= 0.6 is 15.9 Å². The Labute approximate surface area is 128 Å². The Balaban J connectivity index is 2.57. The SMILES string of the molecule is CCNCCCNc1cnn(CCN(C)C)c(=O)c1Br. The van der Waals surface area contributed by atoms with E-state index in [1.807, 2.05) is 19.0 Å². The molecule has 0 saturated carbocycles. The van der Waals surface area contributed by atoms with E-state index in [0.29, 0.717) is 11.0 Å². The molecule has 6 nitrogen and oxygen atoms in total. The molecule has 0 radical (unpaired) electrons. The maximum absolute atomic E-state index is 12.1. The van der Waals surface area contributed by atoms with Gasteiger partial charge in [-0.25, -0.2) is 4.68 Å². The van der Waals surface area contributed by atoms with Crippen LogP contribution in [0.5, 0.6) is 0 Å². The molecule has 0 bridgehead atoms. The molecule has 0 amide bonds. The van der Waals surface area contributed by atoms with Gasteiger partial charge in [-0.05, 0) is 49.5 Å². The van der Waals surface area contributed by atoms with Gasteiger partial charge in [-0.3, -0.25) is 4.79 Å². The Morgan fingerprint density at radius 2 is 2.15 bits per heavy atom. The number of nitrogens with zero attached hydrogens (tertiary/aromatic N) is 3. The van der Waals surface area contributed by atoms with Crippen LogP contribution in [0.1, 0.15) is 13.3 Å². The van der Waals surface area contributed by atoms with E-state index in [-0.39, 0.29) is 5.56 Å². The molecule has 2 N–H and O–H groups in total. The van der Waals surface area contributed by atoms with Gasteiger partial charge < -0.3 is 15.5 Å². The van der Waals surface area contributed by atoms with E-state index in [0.717, 1.165) is 38.3 Å². The number of halogens is 1. The monoisotopic (exact) mass is 345 g/mol. The Kier molecular flexibility index (Phi) is 7.79. The third-order valence-corrected chi connectivity index (χ3v) is 3.61. The van der Waals surface area contributed by atoms with Crippen LogP contribution in [0.15, 0.2) is 15.5 Å². The van der Waals surface area contributed by atoms with Crippen molar-refractivity contribution in [2.75, 3.05) is 45.6 Å². The number of rotatable bonds is 9. The molecule has 0 aliphatic heterocycles. The molecule has 1 heterocycles. The summed E-state index contributed by atoms with van der Waals surface area (Å²) in [5.74, 6) is 0. The number of anilines is 1. The zero-order valence-corrected chi connectivity index (χ0v) is 14.0. The molecular formula is C13H24BrN5O. The van der Waals surface area contributed by atoms with Crippen LogP contribution in [-0.4, -0.2) is 55.0 Å². The summed E-state index contributed by atoms with van der Waals surface area (Å²) < 4.78 is 2.03. The van der Waals surface area contributed by atoms with Gasteiger partial charge in [0.15, 0.2) is 0 Å². The smallest absolute Gasteiger partial charge is 0.283 e. The van der Waals surface area contributed by atoms with Crippen molar-refractivity contribution in [3.05, 3.63) is 21.0 Å². The van der Waals surface area contributed by atoms with Crippen molar-refractivity contribution < 1.29 is 0 Å². The molecule has 0 fully saturated rings. The van der Waals surface area contributed by atoms with Crippen molar-refractivity contribution in [3.8, 4) is 0 Å². The summed E-state index contributed by atoms with van der Waals surface area (Å²) in [5.41, 5.74) is 0.663. The average Bonchev–Trinajstić information content (AvgIpc) is 2.42. The van der Waals surface area contributed by atoms with Gasteiger partial charge in [0.2, 0.25) is 0 Å². The van der Waals surface area contributed by atoms with Crippen LogP contribution in [0.4, 0.5) is 5.69 Å². The van der Waals surface area contributed by atoms with Crippen molar-refractivity contribution in [1.29, 1.82) is 0 Å². The highest BCUT2D eigenvalue weighted by Gasteiger charge is 2.08. The lowest BCUT2D eigenvalue weighted by molar-refractivity contribution is 0.367. The third-order valence-electron chi connectivity index (χ3n) is 2.84. The predicted molar refractivity (Wildman–Crippen MR) is 86.4 cm³/mol. The van der Waals surface area contributed by atoms with Crippen molar-refractivity contribution in [2.24, 2.45) is 0 Å². The van der Waals surface area contributed by atoms with Crippen LogP contribution in [-0.2, 0) is 6.54 Å². The fraction of sp³-hybridized carbons (Fsp3) is 0.692. The third kappa shape index (κ3) is 5.60. The molecule has 7 heteroatoms. The molecule has 0 aromatic carbocycles. The summed E-state index contributed by atoms with van der Waals surface area (Å²) in [6, 6.07) is 0. The zero-order valence-electron chi connectivity index (χ0n) is 12.4. The molecule has 0 aliphatic carbocycles. The molecular weight excluding hydrogens is 322 g/mol. The minimum absolute atomic E-state index is 0.0940. The molecule has 1 aromatic rings. The van der Waals surface area contributed by atoms with E-state index in [1.54, 1.807) is 6.20 Å². The highest BCUT2D eigenvalue weighted by atomic mass is 79.9. The second-order valence-corrected chi connectivity index (χ2v) is 5.63. The van der Waals surface area contributed by atoms with E-state index in [9.17, 15) is 4.79 Å². The van der Waals surface area contributed by atoms with Crippen LogP contribution in [0, 0.1) is 0 Å². The molecule has 0 spiro atoms. The molecule has 0 saturated heterocycles. The summed E-state index contributed by atoms with van der Waals surface area (Å²) in [5, 5.41) is 10.7. The van der Waals surface area contributed by atoms with Gasteiger partial charge in [-0.1, -0.05) is 6.92 Å². The normalized spacial score (nSPS) is 11.1. The molecule has 0 atom stereocenters. The highest BCUT2D eigenvalue weighted by molar-refractivity contribution is 9.10. The molecule has 20 heavy (non-hydrogen) atoms.